The highest BCUT2D eigenvalue weighted by Crippen LogP contribution is 2.25. The number of benzene rings is 2. The summed E-state index contributed by atoms with van der Waals surface area (Å²) >= 11 is 0. The molecule has 156 valence electrons. The minimum absolute atomic E-state index is 0.113. The molecule has 8 nitrogen and oxygen atoms in total. The van der Waals surface area contributed by atoms with Crippen molar-refractivity contribution in [3.8, 4) is 0 Å². The average Bonchev–Trinajstić information content (AvgIpc) is 2.68. The van der Waals surface area contributed by atoms with Gasteiger partial charge < -0.3 is 4.90 Å². The molecule has 0 aromatic heterocycles. The van der Waals surface area contributed by atoms with Crippen LogP contribution in [0.2, 0.25) is 0 Å². The Hall–Kier alpha value is -2.65. The van der Waals surface area contributed by atoms with E-state index in [1.807, 2.05) is 24.3 Å². The minimum atomic E-state index is -3.27. The van der Waals surface area contributed by atoms with Gasteiger partial charge in [-0.1, -0.05) is 12.1 Å². The van der Waals surface area contributed by atoms with Gasteiger partial charge in [0.2, 0.25) is 10.0 Å². The Bertz CT molecular complexity index is 937. The molecule has 29 heavy (non-hydrogen) atoms. The van der Waals surface area contributed by atoms with Crippen LogP contribution in [0, 0.1) is 10.1 Å². The highest BCUT2D eigenvalue weighted by atomic mass is 32.2. The predicted molar refractivity (Wildman–Crippen MR) is 115 cm³/mol. The predicted octanol–water partition coefficient (Wildman–Crippen LogP) is 3.07. The summed E-state index contributed by atoms with van der Waals surface area (Å²) in [7, 11) is -1.18. The van der Waals surface area contributed by atoms with Crippen LogP contribution in [0.1, 0.15) is 18.4 Å². The molecule has 1 aliphatic rings. The Morgan fingerprint density at radius 1 is 1.10 bits per heavy atom. The van der Waals surface area contributed by atoms with Gasteiger partial charge in [0.15, 0.2) is 0 Å². The van der Waals surface area contributed by atoms with Crippen molar-refractivity contribution in [3.63, 3.8) is 0 Å². The average molecular weight is 419 g/mol. The Morgan fingerprint density at radius 2 is 1.69 bits per heavy atom. The number of nitro groups is 1. The summed E-state index contributed by atoms with van der Waals surface area (Å²) in [4.78, 5) is 15.0. The number of piperidine rings is 1. The van der Waals surface area contributed by atoms with Gasteiger partial charge in [-0.15, -0.1) is 0 Å². The van der Waals surface area contributed by atoms with Crippen LogP contribution in [0.25, 0.3) is 0 Å². The quantitative estimate of drug-likeness (QED) is 0.548. The van der Waals surface area contributed by atoms with Gasteiger partial charge in [0, 0.05) is 49.2 Å². The Kier molecular flexibility index (Phi) is 6.39. The number of rotatable bonds is 7. The topological polar surface area (TPSA) is 95.8 Å². The molecule has 1 heterocycles. The molecule has 1 saturated heterocycles. The first-order chi connectivity index (χ1) is 13.7. The first-order valence-corrected chi connectivity index (χ1v) is 11.4. The molecule has 2 aromatic rings. The van der Waals surface area contributed by atoms with Crippen molar-refractivity contribution in [1.82, 2.24) is 4.90 Å². The van der Waals surface area contributed by atoms with E-state index in [0.29, 0.717) is 11.7 Å². The number of hydrogen-bond donors (Lipinski definition) is 1. The van der Waals surface area contributed by atoms with Crippen LogP contribution >= 0.6 is 0 Å². The van der Waals surface area contributed by atoms with Crippen LogP contribution in [-0.4, -0.2) is 50.7 Å². The van der Waals surface area contributed by atoms with Gasteiger partial charge in [-0.25, -0.2) is 8.42 Å². The van der Waals surface area contributed by atoms with Crippen molar-refractivity contribution in [2.24, 2.45) is 0 Å². The molecular formula is C20H26N4O4S. The zero-order valence-corrected chi connectivity index (χ0v) is 17.4. The molecular weight excluding hydrogens is 392 g/mol. The largest absolute Gasteiger partial charge is 0.371 e. The van der Waals surface area contributed by atoms with Gasteiger partial charge in [-0.3, -0.25) is 19.7 Å². The van der Waals surface area contributed by atoms with Gasteiger partial charge in [0.05, 0.1) is 11.2 Å². The van der Waals surface area contributed by atoms with Gasteiger partial charge >= 0.3 is 0 Å². The molecule has 0 bridgehead atoms. The SMILES string of the molecule is CN(Cc1ccc([N+](=O)[O-])cc1)C1CCN(c2ccc(NS(C)(=O)=O)cc2)CC1. The van der Waals surface area contributed by atoms with Crippen molar-refractivity contribution in [3.05, 3.63) is 64.2 Å². The fourth-order valence-corrected chi connectivity index (χ4v) is 4.22. The van der Waals surface area contributed by atoms with Crippen LogP contribution in [0.5, 0.6) is 0 Å². The van der Waals surface area contributed by atoms with Crippen LogP contribution < -0.4 is 9.62 Å². The third kappa shape index (κ3) is 5.91. The molecule has 0 atom stereocenters. The lowest BCUT2D eigenvalue weighted by Crippen LogP contribution is -2.43. The molecule has 2 aromatic carbocycles. The summed E-state index contributed by atoms with van der Waals surface area (Å²) in [5, 5.41) is 10.8. The monoisotopic (exact) mass is 418 g/mol. The van der Waals surface area contributed by atoms with E-state index in [1.165, 1.54) is 0 Å². The second-order valence-electron chi connectivity index (χ2n) is 7.48. The molecule has 1 N–H and O–H groups in total. The third-order valence-electron chi connectivity index (χ3n) is 5.20. The number of anilines is 2. The summed E-state index contributed by atoms with van der Waals surface area (Å²) in [6.45, 7) is 2.61. The van der Waals surface area contributed by atoms with Gasteiger partial charge in [-0.05, 0) is 49.7 Å². The van der Waals surface area contributed by atoms with E-state index in [2.05, 4.69) is 21.6 Å². The van der Waals surface area contributed by atoms with E-state index in [9.17, 15) is 18.5 Å². The normalized spacial score (nSPS) is 15.5. The minimum Gasteiger partial charge on any atom is -0.371 e. The summed E-state index contributed by atoms with van der Waals surface area (Å²) in [6, 6.07) is 14.6. The maximum atomic E-state index is 11.3. The smallest absolute Gasteiger partial charge is 0.269 e. The van der Waals surface area contributed by atoms with Crippen LogP contribution in [0.15, 0.2) is 48.5 Å². The maximum Gasteiger partial charge on any atom is 0.269 e. The molecule has 3 rings (SSSR count). The van der Waals surface area contributed by atoms with Crippen LogP contribution in [0.3, 0.4) is 0 Å². The molecule has 0 amide bonds. The number of hydrogen-bond acceptors (Lipinski definition) is 6. The van der Waals surface area contributed by atoms with Crippen molar-refractivity contribution < 1.29 is 13.3 Å². The van der Waals surface area contributed by atoms with Crippen LogP contribution in [0.4, 0.5) is 17.1 Å². The van der Waals surface area contributed by atoms with E-state index in [1.54, 1.807) is 24.3 Å². The Labute approximate surface area is 171 Å². The second-order valence-corrected chi connectivity index (χ2v) is 9.23. The zero-order chi connectivity index (χ0) is 21.0. The Balaban J connectivity index is 1.52. The van der Waals surface area contributed by atoms with E-state index < -0.39 is 10.0 Å². The number of nitrogens with zero attached hydrogens (tertiary/aromatic N) is 3. The number of sulfonamides is 1. The molecule has 0 saturated carbocycles. The third-order valence-corrected chi connectivity index (χ3v) is 5.81. The fraction of sp³-hybridized carbons (Fsp3) is 0.400. The van der Waals surface area contributed by atoms with Crippen molar-refractivity contribution in [2.45, 2.75) is 25.4 Å². The van der Waals surface area contributed by atoms with Gasteiger partial charge in [0.25, 0.3) is 5.69 Å². The number of non-ortho nitro benzene ring substituents is 1. The zero-order valence-electron chi connectivity index (χ0n) is 16.6. The highest BCUT2D eigenvalue weighted by molar-refractivity contribution is 7.92. The number of nitro benzene ring substituents is 1. The maximum absolute atomic E-state index is 11.3. The fourth-order valence-electron chi connectivity index (χ4n) is 3.66. The van der Waals surface area contributed by atoms with Crippen molar-refractivity contribution in [1.29, 1.82) is 0 Å². The second kappa shape index (κ2) is 8.79. The first kappa shape index (κ1) is 21.1. The summed E-state index contributed by atoms with van der Waals surface area (Å²) in [6.07, 6.45) is 3.18. The highest BCUT2D eigenvalue weighted by Gasteiger charge is 2.23. The van der Waals surface area contributed by atoms with E-state index in [0.717, 1.165) is 50.0 Å². The standard InChI is InChI=1S/C20H26N4O4S/c1-22(15-16-3-7-20(8-4-16)24(25)26)18-11-13-23(14-12-18)19-9-5-17(6-10-19)21-29(2,27)28/h3-10,18,21H,11-15H2,1-2H3. The Morgan fingerprint density at radius 3 is 2.21 bits per heavy atom. The lowest BCUT2D eigenvalue weighted by molar-refractivity contribution is -0.384. The molecule has 0 spiro atoms. The lowest BCUT2D eigenvalue weighted by Gasteiger charge is -2.38. The number of nitrogens with one attached hydrogen (secondary N) is 1. The summed E-state index contributed by atoms with van der Waals surface area (Å²) in [5.74, 6) is 0. The van der Waals surface area contributed by atoms with E-state index >= 15 is 0 Å². The summed E-state index contributed by atoms with van der Waals surface area (Å²) in [5.41, 5.74) is 2.83. The molecule has 0 unspecified atom stereocenters. The van der Waals surface area contributed by atoms with E-state index in [4.69, 9.17) is 0 Å². The summed E-state index contributed by atoms with van der Waals surface area (Å²) < 4.78 is 25.1. The van der Waals surface area contributed by atoms with Gasteiger partial charge in [-0.2, -0.15) is 0 Å². The molecule has 9 heteroatoms. The molecule has 1 fully saturated rings. The first-order valence-electron chi connectivity index (χ1n) is 9.47. The van der Waals surface area contributed by atoms with Crippen LogP contribution in [-0.2, 0) is 16.6 Å². The molecule has 1 aliphatic heterocycles. The molecule has 0 aliphatic carbocycles. The lowest BCUT2D eigenvalue weighted by atomic mass is 10.0. The van der Waals surface area contributed by atoms with E-state index in [-0.39, 0.29) is 10.6 Å². The molecule has 0 radical (unpaired) electrons. The van der Waals surface area contributed by atoms with Crippen molar-refractivity contribution in [2.75, 3.05) is 36.0 Å². The van der Waals surface area contributed by atoms with Gasteiger partial charge in [0.1, 0.15) is 0 Å². The van der Waals surface area contributed by atoms with Crippen molar-refractivity contribution >= 4 is 27.1 Å².